The first-order valence-electron chi connectivity index (χ1n) is 7.65. The molecule has 1 N–H and O–H groups in total. The summed E-state index contributed by atoms with van der Waals surface area (Å²) in [6.45, 7) is 1.89. The predicted molar refractivity (Wildman–Crippen MR) is 107 cm³/mol. The van der Waals surface area contributed by atoms with E-state index in [1.807, 2.05) is 11.8 Å². The molecule has 0 spiro atoms. The standard InChI is InChI=1S/C16H16Cl2N4OS2/c17-11-1-2-12(18)13(9-11)21-14(23)10-25-16-15(19-3-4-20-16)22-5-7-24-8-6-22/h1-4,9H,5-8,10H2,(H,21,23). The van der Waals surface area contributed by atoms with Crippen LogP contribution in [-0.4, -0.2) is 46.2 Å². The molecule has 1 saturated heterocycles. The highest BCUT2D eigenvalue weighted by atomic mass is 35.5. The summed E-state index contributed by atoms with van der Waals surface area (Å²) in [5.41, 5.74) is 0.507. The summed E-state index contributed by atoms with van der Waals surface area (Å²) in [5.74, 6) is 3.06. The lowest BCUT2D eigenvalue weighted by molar-refractivity contribution is -0.113. The van der Waals surface area contributed by atoms with Gasteiger partial charge in [0.15, 0.2) is 5.82 Å². The lowest BCUT2D eigenvalue weighted by atomic mass is 10.3. The highest BCUT2D eigenvalue weighted by molar-refractivity contribution is 8.00. The Balaban J connectivity index is 1.63. The van der Waals surface area contributed by atoms with Gasteiger partial charge in [0.25, 0.3) is 0 Å². The average molecular weight is 415 g/mol. The number of thioether (sulfide) groups is 2. The minimum absolute atomic E-state index is 0.167. The van der Waals surface area contributed by atoms with E-state index in [-0.39, 0.29) is 11.7 Å². The van der Waals surface area contributed by atoms with Gasteiger partial charge in [-0.05, 0) is 18.2 Å². The smallest absolute Gasteiger partial charge is 0.234 e. The number of aromatic nitrogens is 2. The maximum atomic E-state index is 12.2. The zero-order chi connectivity index (χ0) is 17.6. The van der Waals surface area contributed by atoms with Crippen molar-refractivity contribution in [2.45, 2.75) is 5.03 Å². The molecule has 1 aliphatic heterocycles. The number of anilines is 2. The van der Waals surface area contributed by atoms with Gasteiger partial charge in [-0.15, -0.1) is 0 Å². The zero-order valence-corrected chi connectivity index (χ0v) is 16.4. The molecule has 1 aliphatic rings. The summed E-state index contributed by atoms with van der Waals surface area (Å²) in [7, 11) is 0. The minimum Gasteiger partial charge on any atom is -0.353 e. The first kappa shape index (κ1) is 18.6. The molecule has 0 unspecified atom stereocenters. The monoisotopic (exact) mass is 414 g/mol. The van der Waals surface area contributed by atoms with Crippen LogP contribution in [0.3, 0.4) is 0 Å². The van der Waals surface area contributed by atoms with E-state index in [0.717, 1.165) is 35.4 Å². The Morgan fingerprint density at radius 2 is 2.00 bits per heavy atom. The second-order valence-corrected chi connectivity index (χ2v) is 8.28. The van der Waals surface area contributed by atoms with Crippen LogP contribution in [-0.2, 0) is 4.79 Å². The number of rotatable bonds is 5. The van der Waals surface area contributed by atoms with Crippen molar-refractivity contribution >= 4 is 64.1 Å². The Hall–Kier alpha value is -1.15. The van der Waals surface area contributed by atoms with Crippen LogP contribution in [0, 0.1) is 0 Å². The fourth-order valence-electron chi connectivity index (χ4n) is 2.33. The maximum absolute atomic E-state index is 12.2. The second-order valence-electron chi connectivity index (χ2n) is 5.25. The number of hydrogen-bond donors (Lipinski definition) is 1. The molecule has 0 atom stereocenters. The number of hydrogen-bond acceptors (Lipinski definition) is 6. The van der Waals surface area contributed by atoms with Crippen LogP contribution in [0.5, 0.6) is 0 Å². The molecule has 1 amide bonds. The van der Waals surface area contributed by atoms with E-state index in [1.54, 1.807) is 30.6 Å². The van der Waals surface area contributed by atoms with Crippen LogP contribution in [0.2, 0.25) is 10.0 Å². The molecule has 0 radical (unpaired) electrons. The molecule has 25 heavy (non-hydrogen) atoms. The van der Waals surface area contributed by atoms with Crippen molar-refractivity contribution in [1.82, 2.24) is 9.97 Å². The van der Waals surface area contributed by atoms with Crippen molar-refractivity contribution in [1.29, 1.82) is 0 Å². The Kier molecular flexibility index (Phi) is 6.70. The van der Waals surface area contributed by atoms with E-state index in [4.69, 9.17) is 23.2 Å². The molecule has 0 saturated carbocycles. The van der Waals surface area contributed by atoms with Gasteiger partial charge in [0.2, 0.25) is 5.91 Å². The summed E-state index contributed by atoms with van der Waals surface area (Å²) < 4.78 is 0. The third kappa shape index (κ3) is 5.17. The average Bonchev–Trinajstić information content (AvgIpc) is 2.64. The van der Waals surface area contributed by atoms with Gasteiger partial charge in [-0.1, -0.05) is 35.0 Å². The number of carbonyl (C=O) groups is 1. The molecule has 9 heteroatoms. The lowest BCUT2D eigenvalue weighted by Crippen LogP contribution is -2.33. The van der Waals surface area contributed by atoms with Crippen molar-refractivity contribution < 1.29 is 4.79 Å². The number of halogens is 2. The molecule has 0 bridgehead atoms. The first-order valence-corrected chi connectivity index (χ1v) is 10.5. The highest BCUT2D eigenvalue weighted by Gasteiger charge is 2.18. The zero-order valence-electron chi connectivity index (χ0n) is 13.2. The molecule has 2 heterocycles. The minimum atomic E-state index is -0.167. The molecular weight excluding hydrogens is 399 g/mol. The summed E-state index contributed by atoms with van der Waals surface area (Å²) in [6, 6.07) is 4.96. The van der Waals surface area contributed by atoms with Gasteiger partial charge in [0.1, 0.15) is 5.03 Å². The molecule has 2 aromatic rings. The van der Waals surface area contributed by atoms with Crippen LogP contribution >= 0.6 is 46.7 Å². The van der Waals surface area contributed by atoms with Gasteiger partial charge < -0.3 is 10.2 Å². The lowest BCUT2D eigenvalue weighted by Gasteiger charge is -2.28. The van der Waals surface area contributed by atoms with E-state index in [2.05, 4.69) is 20.2 Å². The van der Waals surface area contributed by atoms with Gasteiger partial charge in [-0.25, -0.2) is 9.97 Å². The van der Waals surface area contributed by atoms with Crippen molar-refractivity contribution in [2.75, 3.05) is 40.6 Å². The molecule has 1 aromatic carbocycles. The SMILES string of the molecule is O=C(CSc1nccnc1N1CCSCC1)Nc1cc(Cl)ccc1Cl. The number of amides is 1. The fourth-order valence-corrected chi connectivity index (χ4v) is 4.35. The van der Waals surface area contributed by atoms with Crippen LogP contribution < -0.4 is 10.2 Å². The molecule has 5 nitrogen and oxygen atoms in total. The molecule has 3 rings (SSSR count). The normalized spacial score (nSPS) is 14.4. The van der Waals surface area contributed by atoms with Crippen LogP contribution in [0.4, 0.5) is 11.5 Å². The Morgan fingerprint density at radius 1 is 1.24 bits per heavy atom. The van der Waals surface area contributed by atoms with Crippen molar-refractivity contribution in [2.24, 2.45) is 0 Å². The summed E-state index contributed by atoms with van der Waals surface area (Å²) >= 11 is 15.3. The predicted octanol–water partition coefficient (Wildman–Crippen LogP) is 4.07. The Bertz CT molecular complexity index is 757. The second kappa shape index (κ2) is 8.98. The van der Waals surface area contributed by atoms with E-state index in [1.165, 1.54) is 11.8 Å². The van der Waals surface area contributed by atoms with Crippen molar-refractivity contribution in [3.8, 4) is 0 Å². The van der Waals surface area contributed by atoms with Gasteiger partial charge in [-0.3, -0.25) is 4.79 Å². The third-order valence-electron chi connectivity index (χ3n) is 3.50. The van der Waals surface area contributed by atoms with Crippen molar-refractivity contribution in [3.05, 3.63) is 40.6 Å². The Morgan fingerprint density at radius 3 is 2.80 bits per heavy atom. The summed E-state index contributed by atoms with van der Waals surface area (Å²) in [5, 5.41) is 4.52. The van der Waals surface area contributed by atoms with Gasteiger partial charge in [0, 0.05) is 42.0 Å². The summed E-state index contributed by atoms with van der Waals surface area (Å²) in [6.07, 6.45) is 3.34. The van der Waals surface area contributed by atoms with Crippen molar-refractivity contribution in [3.63, 3.8) is 0 Å². The largest absolute Gasteiger partial charge is 0.353 e. The molecule has 1 aromatic heterocycles. The van der Waals surface area contributed by atoms with Crippen LogP contribution in [0.1, 0.15) is 0 Å². The van der Waals surface area contributed by atoms with Gasteiger partial charge in [0.05, 0.1) is 16.5 Å². The quantitative estimate of drug-likeness (QED) is 0.744. The van der Waals surface area contributed by atoms with E-state index < -0.39 is 0 Å². The van der Waals surface area contributed by atoms with Gasteiger partial charge >= 0.3 is 0 Å². The Labute approximate surface area is 164 Å². The topological polar surface area (TPSA) is 58.1 Å². The van der Waals surface area contributed by atoms with E-state index in [9.17, 15) is 4.79 Å². The molecular formula is C16H16Cl2N4OS2. The maximum Gasteiger partial charge on any atom is 0.234 e. The van der Waals surface area contributed by atoms with E-state index in [0.29, 0.717) is 15.7 Å². The molecule has 1 fully saturated rings. The first-order chi connectivity index (χ1) is 12.1. The summed E-state index contributed by atoms with van der Waals surface area (Å²) in [4.78, 5) is 23.3. The molecule has 0 aliphatic carbocycles. The fraction of sp³-hybridized carbons (Fsp3) is 0.312. The van der Waals surface area contributed by atoms with E-state index >= 15 is 0 Å². The van der Waals surface area contributed by atoms with Crippen LogP contribution in [0.25, 0.3) is 0 Å². The van der Waals surface area contributed by atoms with Crippen LogP contribution in [0.15, 0.2) is 35.6 Å². The third-order valence-corrected chi connectivity index (χ3v) is 5.97. The highest BCUT2D eigenvalue weighted by Crippen LogP contribution is 2.29. The van der Waals surface area contributed by atoms with Gasteiger partial charge in [-0.2, -0.15) is 11.8 Å². The number of nitrogens with zero attached hydrogens (tertiary/aromatic N) is 3. The number of benzene rings is 1. The molecule has 132 valence electrons. The number of carbonyl (C=O) groups excluding carboxylic acids is 1. The number of nitrogens with one attached hydrogen (secondary N) is 1.